The van der Waals surface area contributed by atoms with Crippen LogP contribution in [0.2, 0.25) is 0 Å². The van der Waals surface area contributed by atoms with Gasteiger partial charge < -0.3 is 10.1 Å². The van der Waals surface area contributed by atoms with E-state index in [1.54, 1.807) is 0 Å². The van der Waals surface area contributed by atoms with E-state index in [1.165, 1.54) is 45.3 Å². The van der Waals surface area contributed by atoms with Gasteiger partial charge >= 0.3 is 0 Å². The van der Waals surface area contributed by atoms with Gasteiger partial charge in [0.05, 0.1) is 6.10 Å². The van der Waals surface area contributed by atoms with Gasteiger partial charge in [0.2, 0.25) is 0 Å². The maximum absolute atomic E-state index is 5.71. The second-order valence-electron chi connectivity index (χ2n) is 5.69. The molecule has 2 fully saturated rings. The highest BCUT2D eigenvalue weighted by Gasteiger charge is 2.32. The normalized spacial score (nSPS) is 28.9. The summed E-state index contributed by atoms with van der Waals surface area (Å²) in [5.74, 6) is 0.945. The Morgan fingerprint density at radius 1 is 1.41 bits per heavy atom. The monoisotopic (exact) mass is 240 g/mol. The first-order valence-corrected chi connectivity index (χ1v) is 7.37. The summed E-state index contributed by atoms with van der Waals surface area (Å²) in [4.78, 5) is 2.60. The Kier molecular flexibility index (Phi) is 5.26. The van der Waals surface area contributed by atoms with Crippen molar-refractivity contribution in [2.75, 3.05) is 32.8 Å². The van der Waals surface area contributed by atoms with E-state index in [0.717, 1.165) is 25.1 Å². The average molecular weight is 240 g/mol. The fourth-order valence-electron chi connectivity index (χ4n) is 2.73. The molecule has 1 saturated carbocycles. The number of ether oxygens (including phenoxy) is 1. The van der Waals surface area contributed by atoms with Crippen LogP contribution in [0.25, 0.3) is 0 Å². The highest BCUT2D eigenvalue weighted by molar-refractivity contribution is 4.89. The molecule has 0 aromatic rings. The van der Waals surface area contributed by atoms with Gasteiger partial charge in [-0.3, -0.25) is 4.90 Å². The first-order chi connectivity index (χ1) is 8.29. The fraction of sp³-hybridized carbons (Fsp3) is 1.00. The highest BCUT2D eigenvalue weighted by Crippen LogP contribution is 2.33. The Hall–Kier alpha value is -0.120. The molecule has 0 spiro atoms. The van der Waals surface area contributed by atoms with Gasteiger partial charge in [0, 0.05) is 32.3 Å². The molecular formula is C14H28N2O. The van der Waals surface area contributed by atoms with Crippen molar-refractivity contribution in [2.45, 2.75) is 51.7 Å². The number of hydrogen-bond acceptors (Lipinski definition) is 3. The summed E-state index contributed by atoms with van der Waals surface area (Å²) in [5, 5.41) is 3.73. The molecule has 2 rings (SSSR count). The smallest absolute Gasteiger partial charge is 0.0673 e. The van der Waals surface area contributed by atoms with Gasteiger partial charge in [-0.2, -0.15) is 0 Å². The molecule has 1 aliphatic carbocycles. The van der Waals surface area contributed by atoms with Crippen LogP contribution >= 0.6 is 0 Å². The second-order valence-corrected chi connectivity index (χ2v) is 5.69. The average Bonchev–Trinajstić information content (AvgIpc) is 3.12. The Balaban J connectivity index is 1.78. The minimum atomic E-state index is 0.406. The van der Waals surface area contributed by atoms with E-state index in [2.05, 4.69) is 24.1 Å². The zero-order valence-corrected chi connectivity index (χ0v) is 11.5. The Morgan fingerprint density at radius 2 is 2.24 bits per heavy atom. The van der Waals surface area contributed by atoms with Crippen LogP contribution in [0.3, 0.4) is 0 Å². The summed E-state index contributed by atoms with van der Waals surface area (Å²) in [5.41, 5.74) is 0. The molecule has 1 heterocycles. The van der Waals surface area contributed by atoms with Crippen LogP contribution in [0.15, 0.2) is 0 Å². The van der Waals surface area contributed by atoms with Crippen molar-refractivity contribution in [2.24, 2.45) is 5.92 Å². The Bertz CT molecular complexity index is 218. The SMILES string of the molecule is CCCNC(CN1CCCOC(C)C1)C1CC1. The molecule has 2 aliphatic rings. The molecule has 0 aromatic heterocycles. The zero-order chi connectivity index (χ0) is 12.1. The lowest BCUT2D eigenvalue weighted by molar-refractivity contribution is 0.0660. The van der Waals surface area contributed by atoms with Gasteiger partial charge in [0.15, 0.2) is 0 Å². The van der Waals surface area contributed by atoms with Crippen molar-refractivity contribution >= 4 is 0 Å². The summed E-state index contributed by atoms with van der Waals surface area (Å²) >= 11 is 0. The molecule has 1 saturated heterocycles. The zero-order valence-electron chi connectivity index (χ0n) is 11.5. The van der Waals surface area contributed by atoms with Gasteiger partial charge in [0.1, 0.15) is 0 Å². The van der Waals surface area contributed by atoms with Crippen molar-refractivity contribution in [3.05, 3.63) is 0 Å². The molecular weight excluding hydrogens is 212 g/mol. The Labute approximate surface area is 106 Å². The van der Waals surface area contributed by atoms with Crippen molar-refractivity contribution in [3.8, 4) is 0 Å². The number of hydrogen-bond donors (Lipinski definition) is 1. The third kappa shape index (κ3) is 4.57. The van der Waals surface area contributed by atoms with Crippen LogP contribution < -0.4 is 5.32 Å². The predicted molar refractivity (Wildman–Crippen MR) is 71.3 cm³/mol. The lowest BCUT2D eigenvalue weighted by atomic mass is 10.1. The van der Waals surface area contributed by atoms with Gasteiger partial charge in [-0.1, -0.05) is 6.92 Å². The molecule has 2 unspecified atom stereocenters. The second kappa shape index (κ2) is 6.72. The van der Waals surface area contributed by atoms with Crippen LogP contribution in [-0.4, -0.2) is 49.8 Å². The predicted octanol–water partition coefficient (Wildman–Crippen LogP) is 1.88. The summed E-state index contributed by atoms with van der Waals surface area (Å²) in [6, 6.07) is 0.722. The first-order valence-electron chi connectivity index (χ1n) is 7.37. The molecule has 100 valence electrons. The largest absolute Gasteiger partial charge is 0.377 e. The molecule has 0 aromatic carbocycles. The van der Waals surface area contributed by atoms with Crippen molar-refractivity contribution in [3.63, 3.8) is 0 Å². The van der Waals surface area contributed by atoms with Gasteiger partial charge in [-0.05, 0) is 45.1 Å². The standard InChI is InChI=1S/C14H28N2O/c1-3-7-15-14(13-5-6-13)11-16-8-4-9-17-12(2)10-16/h12-15H,3-11H2,1-2H3. The van der Waals surface area contributed by atoms with Gasteiger partial charge in [-0.15, -0.1) is 0 Å². The first kappa shape index (κ1) is 13.3. The van der Waals surface area contributed by atoms with Crippen LogP contribution in [0, 0.1) is 5.92 Å². The van der Waals surface area contributed by atoms with Crippen LogP contribution in [-0.2, 0) is 4.74 Å². The molecule has 2 atom stereocenters. The van der Waals surface area contributed by atoms with E-state index in [4.69, 9.17) is 4.74 Å². The van der Waals surface area contributed by atoms with Gasteiger partial charge in [0.25, 0.3) is 0 Å². The third-order valence-corrected chi connectivity index (χ3v) is 3.84. The molecule has 0 amide bonds. The lowest BCUT2D eigenvalue weighted by Crippen LogP contribution is -2.44. The van der Waals surface area contributed by atoms with Crippen molar-refractivity contribution < 1.29 is 4.74 Å². The summed E-state index contributed by atoms with van der Waals surface area (Å²) < 4.78 is 5.71. The van der Waals surface area contributed by atoms with Gasteiger partial charge in [-0.25, -0.2) is 0 Å². The number of rotatable bonds is 6. The van der Waals surface area contributed by atoms with Crippen molar-refractivity contribution in [1.29, 1.82) is 0 Å². The quantitative estimate of drug-likeness (QED) is 0.767. The summed E-state index contributed by atoms with van der Waals surface area (Å²) in [6.45, 7) is 10.1. The van der Waals surface area contributed by atoms with Crippen LogP contribution in [0.4, 0.5) is 0 Å². The van der Waals surface area contributed by atoms with E-state index in [9.17, 15) is 0 Å². The molecule has 17 heavy (non-hydrogen) atoms. The van der Waals surface area contributed by atoms with E-state index >= 15 is 0 Å². The minimum Gasteiger partial charge on any atom is -0.377 e. The van der Waals surface area contributed by atoms with E-state index in [1.807, 2.05) is 0 Å². The maximum Gasteiger partial charge on any atom is 0.0673 e. The fourth-order valence-corrected chi connectivity index (χ4v) is 2.73. The van der Waals surface area contributed by atoms with Crippen LogP contribution in [0.1, 0.15) is 39.5 Å². The maximum atomic E-state index is 5.71. The topological polar surface area (TPSA) is 24.5 Å². The Morgan fingerprint density at radius 3 is 2.94 bits per heavy atom. The van der Waals surface area contributed by atoms with Crippen LogP contribution in [0.5, 0.6) is 0 Å². The lowest BCUT2D eigenvalue weighted by Gasteiger charge is -2.28. The minimum absolute atomic E-state index is 0.406. The highest BCUT2D eigenvalue weighted by atomic mass is 16.5. The molecule has 1 N–H and O–H groups in total. The van der Waals surface area contributed by atoms with E-state index in [-0.39, 0.29) is 0 Å². The number of nitrogens with zero attached hydrogens (tertiary/aromatic N) is 1. The van der Waals surface area contributed by atoms with E-state index < -0.39 is 0 Å². The molecule has 3 heteroatoms. The third-order valence-electron chi connectivity index (χ3n) is 3.84. The summed E-state index contributed by atoms with van der Waals surface area (Å²) in [7, 11) is 0. The molecule has 0 radical (unpaired) electrons. The molecule has 0 bridgehead atoms. The molecule has 1 aliphatic heterocycles. The summed E-state index contributed by atoms with van der Waals surface area (Å²) in [6.07, 6.45) is 5.70. The van der Waals surface area contributed by atoms with E-state index in [0.29, 0.717) is 6.10 Å². The van der Waals surface area contributed by atoms with Crippen molar-refractivity contribution in [1.82, 2.24) is 10.2 Å². The molecule has 3 nitrogen and oxygen atoms in total. The number of nitrogens with one attached hydrogen (secondary N) is 1.